The van der Waals surface area contributed by atoms with Gasteiger partial charge >= 0.3 is 5.97 Å². The van der Waals surface area contributed by atoms with E-state index in [0.717, 1.165) is 24.3 Å². The van der Waals surface area contributed by atoms with Gasteiger partial charge in [-0.2, -0.15) is 0 Å². The van der Waals surface area contributed by atoms with Crippen molar-refractivity contribution in [2.24, 2.45) is 0 Å². The summed E-state index contributed by atoms with van der Waals surface area (Å²) < 4.78 is 0. The number of carboxylic acid groups (broad SMARTS) is 1. The summed E-state index contributed by atoms with van der Waals surface area (Å²) >= 11 is 0. The third-order valence-electron chi connectivity index (χ3n) is 2.95. The number of carboxylic acids is 1. The van der Waals surface area contributed by atoms with Crippen LogP contribution in [-0.4, -0.2) is 34.1 Å². The van der Waals surface area contributed by atoms with Crippen LogP contribution in [0.2, 0.25) is 0 Å². The molecule has 86 valence electrons. The number of aromatic carboxylic acids is 1. The molecule has 1 aliphatic rings. The highest BCUT2D eigenvalue weighted by Gasteiger charge is 2.16. The Labute approximate surface area is 97.7 Å². The number of anilines is 1. The van der Waals surface area contributed by atoms with Crippen molar-refractivity contribution in [1.29, 1.82) is 0 Å². The standard InChI is InChI=1S/C12H11N3O2/c16-12(17)9-6-8-2-3-10(15-4-1-5-15)14-11(8)13-7-9/h2-3,6-7H,1,4-5H2,(H,16,17). The first kappa shape index (κ1) is 10.0. The molecule has 0 radical (unpaired) electrons. The largest absolute Gasteiger partial charge is 0.478 e. The Morgan fingerprint density at radius 2 is 2.18 bits per heavy atom. The Kier molecular flexibility index (Phi) is 2.18. The van der Waals surface area contributed by atoms with E-state index in [2.05, 4.69) is 14.9 Å². The smallest absolute Gasteiger partial charge is 0.337 e. The number of hydrogen-bond acceptors (Lipinski definition) is 4. The minimum absolute atomic E-state index is 0.191. The highest BCUT2D eigenvalue weighted by Crippen LogP contribution is 2.21. The molecule has 0 bridgehead atoms. The van der Waals surface area contributed by atoms with Gasteiger partial charge in [0.2, 0.25) is 0 Å². The molecule has 3 heterocycles. The lowest BCUT2D eigenvalue weighted by atomic mass is 10.2. The van der Waals surface area contributed by atoms with Gasteiger partial charge < -0.3 is 10.0 Å². The van der Waals surface area contributed by atoms with Crippen LogP contribution in [0.15, 0.2) is 24.4 Å². The van der Waals surface area contributed by atoms with Crippen molar-refractivity contribution in [3.8, 4) is 0 Å². The van der Waals surface area contributed by atoms with E-state index in [9.17, 15) is 4.79 Å². The van der Waals surface area contributed by atoms with Crippen molar-refractivity contribution in [2.75, 3.05) is 18.0 Å². The van der Waals surface area contributed by atoms with E-state index in [1.54, 1.807) is 6.07 Å². The quantitative estimate of drug-likeness (QED) is 0.846. The van der Waals surface area contributed by atoms with Crippen LogP contribution < -0.4 is 4.90 Å². The van der Waals surface area contributed by atoms with Gasteiger partial charge in [0.15, 0.2) is 5.65 Å². The lowest BCUT2D eigenvalue weighted by Gasteiger charge is -2.31. The molecular formula is C12H11N3O2. The molecule has 0 aliphatic carbocycles. The second-order valence-electron chi connectivity index (χ2n) is 4.09. The summed E-state index contributed by atoms with van der Waals surface area (Å²) in [6.07, 6.45) is 2.54. The second-order valence-corrected chi connectivity index (χ2v) is 4.09. The third-order valence-corrected chi connectivity index (χ3v) is 2.95. The van der Waals surface area contributed by atoms with E-state index in [-0.39, 0.29) is 5.56 Å². The average molecular weight is 229 g/mol. The molecule has 17 heavy (non-hydrogen) atoms. The van der Waals surface area contributed by atoms with Crippen molar-refractivity contribution >= 4 is 22.8 Å². The van der Waals surface area contributed by atoms with Crippen LogP contribution in [-0.2, 0) is 0 Å². The predicted molar refractivity (Wildman–Crippen MR) is 63.3 cm³/mol. The summed E-state index contributed by atoms with van der Waals surface area (Å²) in [6, 6.07) is 5.38. The van der Waals surface area contributed by atoms with Crippen molar-refractivity contribution in [2.45, 2.75) is 6.42 Å². The lowest BCUT2D eigenvalue weighted by Crippen LogP contribution is -2.37. The highest BCUT2D eigenvalue weighted by molar-refractivity contribution is 5.91. The first-order valence-electron chi connectivity index (χ1n) is 5.49. The monoisotopic (exact) mass is 229 g/mol. The van der Waals surface area contributed by atoms with Gasteiger partial charge in [-0.3, -0.25) is 0 Å². The van der Waals surface area contributed by atoms with Crippen LogP contribution in [0.5, 0.6) is 0 Å². The van der Waals surface area contributed by atoms with Gasteiger partial charge in [-0.15, -0.1) is 0 Å². The topological polar surface area (TPSA) is 66.3 Å². The van der Waals surface area contributed by atoms with Gasteiger partial charge in [0.1, 0.15) is 5.82 Å². The summed E-state index contributed by atoms with van der Waals surface area (Å²) in [5.74, 6) is -0.0504. The molecule has 1 aliphatic heterocycles. The Morgan fingerprint density at radius 3 is 2.82 bits per heavy atom. The van der Waals surface area contributed by atoms with Crippen LogP contribution >= 0.6 is 0 Å². The van der Waals surface area contributed by atoms with Gasteiger partial charge in [-0.05, 0) is 24.6 Å². The average Bonchev–Trinajstić information content (AvgIpc) is 2.26. The number of pyridine rings is 2. The van der Waals surface area contributed by atoms with Gasteiger partial charge in [0, 0.05) is 24.7 Å². The van der Waals surface area contributed by atoms with E-state index < -0.39 is 5.97 Å². The van der Waals surface area contributed by atoms with Crippen LogP contribution in [0.25, 0.3) is 11.0 Å². The molecule has 0 amide bonds. The van der Waals surface area contributed by atoms with Crippen LogP contribution in [0.4, 0.5) is 5.82 Å². The molecule has 5 nitrogen and oxygen atoms in total. The number of nitrogens with zero attached hydrogens (tertiary/aromatic N) is 3. The van der Waals surface area contributed by atoms with Crippen molar-refractivity contribution < 1.29 is 9.90 Å². The van der Waals surface area contributed by atoms with Gasteiger partial charge in [0.05, 0.1) is 5.56 Å². The maximum Gasteiger partial charge on any atom is 0.337 e. The zero-order valence-corrected chi connectivity index (χ0v) is 9.13. The first-order chi connectivity index (χ1) is 8.24. The fourth-order valence-electron chi connectivity index (χ4n) is 1.84. The molecule has 0 spiro atoms. The van der Waals surface area contributed by atoms with Gasteiger partial charge in [-0.1, -0.05) is 0 Å². The molecule has 2 aromatic heterocycles. The van der Waals surface area contributed by atoms with Crippen molar-refractivity contribution in [3.05, 3.63) is 30.0 Å². The first-order valence-corrected chi connectivity index (χ1v) is 5.49. The Morgan fingerprint density at radius 1 is 1.35 bits per heavy atom. The third kappa shape index (κ3) is 1.69. The minimum Gasteiger partial charge on any atom is -0.478 e. The molecule has 2 aromatic rings. The van der Waals surface area contributed by atoms with E-state index in [1.165, 1.54) is 12.6 Å². The summed E-state index contributed by atoms with van der Waals surface area (Å²) in [5, 5.41) is 9.62. The second kappa shape index (κ2) is 3.69. The van der Waals surface area contributed by atoms with Crippen LogP contribution in [0.3, 0.4) is 0 Å². The number of aromatic nitrogens is 2. The molecule has 5 heteroatoms. The SMILES string of the molecule is O=C(O)c1cnc2nc(N3CCC3)ccc2c1. The van der Waals surface area contributed by atoms with Gasteiger partial charge in [-0.25, -0.2) is 14.8 Å². The number of hydrogen-bond donors (Lipinski definition) is 1. The van der Waals surface area contributed by atoms with Crippen molar-refractivity contribution in [1.82, 2.24) is 9.97 Å². The predicted octanol–water partition coefficient (Wildman–Crippen LogP) is 1.54. The Bertz CT molecular complexity index is 593. The van der Waals surface area contributed by atoms with Gasteiger partial charge in [0.25, 0.3) is 0 Å². The zero-order chi connectivity index (χ0) is 11.8. The number of rotatable bonds is 2. The molecule has 1 N–H and O–H groups in total. The van der Waals surface area contributed by atoms with Crippen LogP contribution in [0, 0.1) is 0 Å². The summed E-state index contributed by atoms with van der Waals surface area (Å²) in [7, 11) is 0. The zero-order valence-electron chi connectivity index (χ0n) is 9.13. The molecule has 0 atom stereocenters. The van der Waals surface area contributed by atoms with E-state index in [1.807, 2.05) is 12.1 Å². The highest BCUT2D eigenvalue weighted by atomic mass is 16.4. The lowest BCUT2D eigenvalue weighted by molar-refractivity contribution is 0.0696. The fraction of sp³-hybridized carbons (Fsp3) is 0.250. The molecule has 0 saturated carbocycles. The normalized spacial score (nSPS) is 14.7. The summed E-state index contributed by atoms with van der Waals surface area (Å²) in [6.45, 7) is 2.07. The molecule has 1 fully saturated rings. The number of fused-ring (bicyclic) bond motifs is 1. The molecule has 0 unspecified atom stereocenters. The van der Waals surface area contributed by atoms with E-state index >= 15 is 0 Å². The fourth-order valence-corrected chi connectivity index (χ4v) is 1.84. The van der Waals surface area contributed by atoms with E-state index in [4.69, 9.17) is 5.11 Å². The van der Waals surface area contributed by atoms with E-state index in [0.29, 0.717) is 5.65 Å². The summed E-state index contributed by atoms with van der Waals surface area (Å²) in [4.78, 5) is 21.5. The molecule has 3 rings (SSSR count). The molecule has 1 saturated heterocycles. The Hall–Kier alpha value is -2.17. The van der Waals surface area contributed by atoms with Crippen LogP contribution in [0.1, 0.15) is 16.8 Å². The maximum absolute atomic E-state index is 10.8. The number of carbonyl (C=O) groups is 1. The Balaban J connectivity index is 2.05. The molecule has 0 aromatic carbocycles. The minimum atomic E-state index is -0.966. The maximum atomic E-state index is 10.8. The summed E-state index contributed by atoms with van der Waals surface area (Å²) in [5.41, 5.74) is 0.787. The molecular weight excluding hydrogens is 218 g/mol. The van der Waals surface area contributed by atoms with Crippen molar-refractivity contribution in [3.63, 3.8) is 0 Å².